The number of nitrogens with one attached hydrogen (secondary N) is 3. The molecule has 2 heterocycles. The molecule has 3 N–H and O–H groups in total. The van der Waals surface area contributed by atoms with Gasteiger partial charge < -0.3 is 20.9 Å². The number of anilines is 3. The summed E-state index contributed by atoms with van der Waals surface area (Å²) in [6.45, 7) is 4.19. The molecule has 1 fully saturated rings. The Bertz CT molecular complexity index is 898. The second-order valence-electron chi connectivity index (χ2n) is 7.88. The van der Waals surface area contributed by atoms with Gasteiger partial charge in [-0.25, -0.2) is 4.79 Å². The molecule has 1 saturated heterocycles. The minimum Gasteiger partial charge on any atom is -0.373 e. The van der Waals surface area contributed by atoms with Crippen molar-refractivity contribution in [2.24, 2.45) is 0 Å². The highest BCUT2D eigenvalue weighted by Crippen LogP contribution is 2.30. The highest BCUT2D eigenvalue weighted by atomic mass is 16.2. The molecule has 2 aromatic carbocycles. The molecular weight excluding hydrogens is 366 g/mol. The van der Waals surface area contributed by atoms with Gasteiger partial charge in [0, 0.05) is 62.8 Å². The standard InChI is InChI=1S/C22H27N5O2/c1-15(28)23-17-7-9-18(10-8-17)24-22(29)25-19-11-20-14-26(2)21-6-4-3-5-16(21)12-27(20)13-19/h3-10,19-20H,11-14H2,1-2H3,(H,23,28)(H2,24,25,29)/t19-,20-/m0/s1. The van der Waals surface area contributed by atoms with Crippen molar-refractivity contribution in [3.05, 3.63) is 54.1 Å². The van der Waals surface area contributed by atoms with E-state index >= 15 is 0 Å². The number of carbonyl (C=O) groups is 2. The van der Waals surface area contributed by atoms with Crippen LogP contribution in [0.3, 0.4) is 0 Å². The van der Waals surface area contributed by atoms with E-state index in [1.54, 1.807) is 24.3 Å². The number of hydrogen-bond acceptors (Lipinski definition) is 4. The number of carbonyl (C=O) groups excluding carboxylic acids is 2. The number of para-hydroxylation sites is 1. The van der Waals surface area contributed by atoms with Crippen molar-refractivity contribution in [1.29, 1.82) is 0 Å². The number of nitrogens with zero attached hydrogens (tertiary/aromatic N) is 2. The molecule has 0 aliphatic carbocycles. The van der Waals surface area contributed by atoms with Gasteiger partial charge in [-0.3, -0.25) is 9.69 Å². The fourth-order valence-electron chi connectivity index (χ4n) is 4.32. The van der Waals surface area contributed by atoms with Gasteiger partial charge in [0.25, 0.3) is 0 Å². The second kappa shape index (κ2) is 8.13. The fourth-order valence-corrected chi connectivity index (χ4v) is 4.32. The van der Waals surface area contributed by atoms with Crippen LogP contribution in [0.15, 0.2) is 48.5 Å². The van der Waals surface area contributed by atoms with Crippen LogP contribution in [0.1, 0.15) is 18.9 Å². The lowest BCUT2D eigenvalue weighted by atomic mass is 10.1. The summed E-state index contributed by atoms with van der Waals surface area (Å²) in [6.07, 6.45) is 0.938. The van der Waals surface area contributed by atoms with E-state index < -0.39 is 0 Å². The lowest BCUT2D eigenvalue weighted by molar-refractivity contribution is -0.114. The summed E-state index contributed by atoms with van der Waals surface area (Å²) in [7, 11) is 2.14. The van der Waals surface area contributed by atoms with Gasteiger partial charge in [-0.15, -0.1) is 0 Å². The van der Waals surface area contributed by atoms with E-state index in [1.165, 1.54) is 18.2 Å². The summed E-state index contributed by atoms with van der Waals surface area (Å²) in [5.41, 5.74) is 4.03. The third-order valence-electron chi connectivity index (χ3n) is 5.59. The molecule has 7 heteroatoms. The number of rotatable bonds is 3. The van der Waals surface area contributed by atoms with E-state index in [9.17, 15) is 9.59 Å². The predicted octanol–water partition coefficient (Wildman–Crippen LogP) is 2.86. The summed E-state index contributed by atoms with van der Waals surface area (Å²) >= 11 is 0. The summed E-state index contributed by atoms with van der Waals surface area (Å²) in [5.74, 6) is -0.120. The summed E-state index contributed by atoms with van der Waals surface area (Å²) in [5, 5.41) is 8.70. The molecule has 0 radical (unpaired) electrons. The van der Waals surface area contributed by atoms with Gasteiger partial charge in [0.2, 0.25) is 5.91 Å². The van der Waals surface area contributed by atoms with Crippen LogP contribution < -0.4 is 20.9 Å². The van der Waals surface area contributed by atoms with Crippen molar-refractivity contribution >= 4 is 29.0 Å². The number of likely N-dealkylation sites (N-methyl/N-ethyl adjacent to an activating group) is 1. The lowest BCUT2D eigenvalue weighted by Crippen LogP contribution is -2.39. The van der Waals surface area contributed by atoms with Crippen molar-refractivity contribution in [2.45, 2.75) is 32.0 Å². The Morgan fingerprint density at radius 3 is 2.38 bits per heavy atom. The largest absolute Gasteiger partial charge is 0.373 e. The molecule has 0 unspecified atom stereocenters. The Kier molecular flexibility index (Phi) is 5.40. The van der Waals surface area contributed by atoms with Gasteiger partial charge in [0.1, 0.15) is 0 Å². The van der Waals surface area contributed by atoms with Crippen molar-refractivity contribution in [3.8, 4) is 0 Å². The molecule has 0 bridgehead atoms. The third-order valence-corrected chi connectivity index (χ3v) is 5.59. The molecule has 152 valence electrons. The lowest BCUT2D eigenvalue weighted by Gasteiger charge is -2.24. The van der Waals surface area contributed by atoms with Crippen LogP contribution >= 0.6 is 0 Å². The Balaban J connectivity index is 1.33. The summed E-state index contributed by atoms with van der Waals surface area (Å²) < 4.78 is 0. The van der Waals surface area contributed by atoms with Gasteiger partial charge in [-0.1, -0.05) is 18.2 Å². The normalized spacial score (nSPS) is 21.0. The predicted molar refractivity (Wildman–Crippen MR) is 115 cm³/mol. The van der Waals surface area contributed by atoms with E-state index in [1.807, 2.05) is 0 Å². The molecule has 7 nitrogen and oxygen atoms in total. The van der Waals surface area contributed by atoms with Crippen molar-refractivity contribution in [2.75, 3.05) is 35.7 Å². The fraction of sp³-hybridized carbons (Fsp3) is 0.364. The van der Waals surface area contributed by atoms with E-state index in [0.29, 0.717) is 17.4 Å². The number of amides is 3. The summed E-state index contributed by atoms with van der Waals surface area (Å²) in [6, 6.07) is 16.0. The number of benzene rings is 2. The minimum atomic E-state index is -0.200. The van der Waals surface area contributed by atoms with Crippen LogP contribution in [0.5, 0.6) is 0 Å². The van der Waals surface area contributed by atoms with E-state index in [0.717, 1.165) is 26.1 Å². The molecule has 3 amide bonds. The average Bonchev–Trinajstić information content (AvgIpc) is 2.97. The van der Waals surface area contributed by atoms with Crippen molar-refractivity contribution in [1.82, 2.24) is 10.2 Å². The molecule has 0 saturated carbocycles. The first-order valence-electron chi connectivity index (χ1n) is 9.96. The highest BCUT2D eigenvalue weighted by Gasteiger charge is 2.35. The zero-order chi connectivity index (χ0) is 20.4. The van der Waals surface area contributed by atoms with Gasteiger partial charge in [0.05, 0.1) is 0 Å². The van der Waals surface area contributed by atoms with Crippen LogP contribution in [0.4, 0.5) is 21.9 Å². The third kappa shape index (κ3) is 4.51. The van der Waals surface area contributed by atoms with Crippen molar-refractivity contribution in [3.63, 3.8) is 0 Å². The van der Waals surface area contributed by atoms with Crippen molar-refractivity contribution < 1.29 is 9.59 Å². The van der Waals surface area contributed by atoms with E-state index in [-0.39, 0.29) is 18.0 Å². The van der Waals surface area contributed by atoms with Crippen LogP contribution in [0.2, 0.25) is 0 Å². The van der Waals surface area contributed by atoms with E-state index in [4.69, 9.17) is 0 Å². The quantitative estimate of drug-likeness (QED) is 0.750. The summed E-state index contributed by atoms with van der Waals surface area (Å²) in [4.78, 5) is 28.3. The Morgan fingerprint density at radius 2 is 1.66 bits per heavy atom. The maximum atomic E-state index is 12.4. The molecule has 0 aromatic heterocycles. The van der Waals surface area contributed by atoms with Crippen LogP contribution in [-0.4, -0.2) is 49.1 Å². The van der Waals surface area contributed by atoms with Gasteiger partial charge in [-0.05, 0) is 42.3 Å². The molecular formula is C22H27N5O2. The van der Waals surface area contributed by atoms with Crippen LogP contribution in [-0.2, 0) is 11.3 Å². The van der Waals surface area contributed by atoms with E-state index in [2.05, 4.69) is 57.1 Å². The highest BCUT2D eigenvalue weighted by molar-refractivity contribution is 5.91. The van der Waals surface area contributed by atoms with Gasteiger partial charge in [0.15, 0.2) is 0 Å². The van der Waals surface area contributed by atoms with Crippen LogP contribution in [0, 0.1) is 0 Å². The smallest absolute Gasteiger partial charge is 0.319 e. The molecule has 2 aromatic rings. The zero-order valence-electron chi connectivity index (χ0n) is 16.8. The molecule has 4 rings (SSSR count). The topological polar surface area (TPSA) is 76.7 Å². The first kappa shape index (κ1) is 19.3. The molecule has 2 aliphatic heterocycles. The molecule has 2 aliphatic rings. The first-order valence-corrected chi connectivity index (χ1v) is 9.96. The monoisotopic (exact) mass is 393 g/mol. The molecule has 0 spiro atoms. The number of fused-ring (bicyclic) bond motifs is 2. The average molecular weight is 393 g/mol. The Labute approximate surface area is 171 Å². The maximum Gasteiger partial charge on any atom is 0.319 e. The zero-order valence-corrected chi connectivity index (χ0v) is 16.8. The first-order chi connectivity index (χ1) is 14.0. The molecule has 29 heavy (non-hydrogen) atoms. The number of urea groups is 1. The number of hydrogen-bond donors (Lipinski definition) is 3. The SMILES string of the molecule is CC(=O)Nc1ccc(NC(=O)N[C@H]2C[C@H]3CN(C)c4ccccc4CN3C2)cc1. The second-order valence-corrected chi connectivity index (χ2v) is 7.88. The van der Waals surface area contributed by atoms with Gasteiger partial charge in [-0.2, -0.15) is 0 Å². The maximum absolute atomic E-state index is 12.4. The Hall–Kier alpha value is -3.06. The molecule has 2 atom stereocenters. The minimum absolute atomic E-state index is 0.120. The van der Waals surface area contributed by atoms with Gasteiger partial charge >= 0.3 is 6.03 Å². The Morgan fingerprint density at radius 1 is 0.966 bits per heavy atom. The van der Waals surface area contributed by atoms with Crippen LogP contribution in [0.25, 0.3) is 0 Å².